The van der Waals surface area contributed by atoms with E-state index in [1.165, 1.54) is 0 Å². The average Bonchev–Trinajstić information content (AvgIpc) is 2.43. The van der Waals surface area contributed by atoms with E-state index in [-0.39, 0.29) is 18.7 Å². The van der Waals surface area contributed by atoms with Gasteiger partial charge < -0.3 is 10.4 Å². The summed E-state index contributed by atoms with van der Waals surface area (Å²) in [5.41, 5.74) is 1.25. The molecule has 0 atom stereocenters. The van der Waals surface area contributed by atoms with Gasteiger partial charge in [0.05, 0.1) is 11.2 Å². The molecule has 0 radical (unpaired) electrons. The van der Waals surface area contributed by atoms with Gasteiger partial charge in [0.15, 0.2) is 0 Å². The number of halogens is 1. The SMILES string of the molecule is O=C(O)CCCCC(=O)Nc1cc(Cl)cc2cccnc12. The van der Waals surface area contributed by atoms with Crippen molar-refractivity contribution in [1.82, 2.24) is 4.98 Å². The highest BCUT2D eigenvalue weighted by molar-refractivity contribution is 6.32. The topological polar surface area (TPSA) is 79.3 Å². The number of amides is 1. The number of fused-ring (bicyclic) bond motifs is 1. The molecule has 2 aromatic rings. The predicted octanol–water partition coefficient (Wildman–Crippen LogP) is 3.47. The van der Waals surface area contributed by atoms with Crippen molar-refractivity contribution in [1.29, 1.82) is 0 Å². The number of aliphatic carboxylic acids is 1. The number of carbonyl (C=O) groups is 2. The molecule has 110 valence electrons. The van der Waals surface area contributed by atoms with Crippen LogP contribution in [0.3, 0.4) is 0 Å². The third kappa shape index (κ3) is 4.43. The normalized spacial score (nSPS) is 10.5. The second kappa shape index (κ2) is 7.04. The summed E-state index contributed by atoms with van der Waals surface area (Å²) in [5, 5.41) is 12.7. The number of carboxylic acids is 1. The average molecular weight is 307 g/mol. The van der Waals surface area contributed by atoms with Gasteiger partial charge in [-0.05, 0) is 31.0 Å². The van der Waals surface area contributed by atoms with E-state index in [1.807, 2.05) is 6.07 Å². The minimum absolute atomic E-state index is 0.0783. The number of hydrogen-bond acceptors (Lipinski definition) is 3. The first-order valence-corrected chi connectivity index (χ1v) is 7.00. The highest BCUT2D eigenvalue weighted by Gasteiger charge is 2.08. The van der Waals surface area contributed by atoms with Crippen LogP contribution in [0.2, 0.25) is 5.02 Å². The van der Waals surface area contributed by atoms with E-state index >= 15 is 0 Å². The summed E-state index contributed by atoms with van der Waals surface area (Å²) in [4.78, 5) is 26.5. The molecule has 1 aromatic heterocycles. The van der Waals surface area contributed by atoms with Crippen LogP contribution in [-0.2, 0) is 9.59 Å². The number of pyridine rings is 1. The summed E-state index contributed by atoms with van der Waals surface area (Å²) in [6.45, 7) is 0. The Bertz CT molecular complexity index is 673. The van der Waals surface area contributed by atoms with Crippen LogP contribution in [0.25, 0.3) is 10.9 Å². The molecule has 1 aromatic carbocycles. The van der Waals surface area contributed by atoms with E-state index in [2.05, 4.69) is 10.3 Å². The van der Waals surface area contributed by atoms with Gasteiger partial charge in [-0.25, -0.2) is 0 Å². The first-order chi connectivity index (χ1) is 10.1. The zero-order chi connectivity index (χ0) is 15.2. The lowest BCUT2D eigenvalue weighted by atomic mass is 10.1. The number of carboxylic acid groups (broad SMARTS) is 1. The number of unbranched alkanes of at least 4 members (excludes halogenated alkanes) is 1. The van der Waals surface area contributed by atoms with E-state index in [1.54, 1.807) is 24.4 Å². The lowest BCUT2D eigenvalue weighted by molar-refractivity contribution is -0.137. The third-order valence-corrected chi connectivity index (χ3v) is 3.21. The highest BCUT2D eigenvalue weighted by Crippen LogP contribution is 2.26. The van der Waals surface area contributed by atoms with Gasteiger partial charge in [0.2, 0.25) is 5.91 Å². The number of aromatic nitrogens is 1. The zero-order valence-corrected chi connectivity index (χ0v) is 12.1. The third-order valence-electron chi connectivity index (χ3n) is 2.99. The number of nitrogens with zero attached hydrogens (tertiary/aromatic N) is 1. The van der Waals surface area contributed by atoms with Crippen LogP contribution in [0, 0.1) is 0 Å². The molecule has 2 N–H and O–H groups in total. The minimum atomic E-state index is -0.847. The predicted molar refractivity (Wildman–Crippen MR) is 81.5 cm³/mol. The molecule has 0 aliphatic rings. The molecule has 0 fully saturated rings. The Morgan fingerprint density at radius 1 is 1.24 bits per heavy atom. The van der Waals surface area contributed by atoms with Gasteiger partial charge in [-0.1, -0.05) is 17.7 Å². The number of carbonyl (C=O) groups excluding carboxylic acids is 1. The standard InChI is InChI=1S/C15H15ClN2O3/c16-11-8-10-4-3-7-17-15(10)12(9-11)18-13(19)5-1-2-6-14(20)21/h3-4,7-9H,1-2,5-6H2,(H,18,19)(H,20,21). The van der Waals surface area contributed by atoms with E-state index in [9.17, 15) is 9.59 Å². The Labute approximate surface area is 126 Å². The molecular weight excluding hydrogens is 292 g/mol. The minimum Gasteiger partial charge on any atom is -0.481 e. The summed E-state index contributed by atoms with van der Waals surface area (Å²) in [6, 6.07) is 7.12. The fourth-order valence-electron chi connectivity index (χ4n) is 2.03. The molecule has 0 unspecified atom stereocenters. The molecular formula is C15H15ClN2O3. The van der Waals surface area contributed by atoms with Gasteiger partial charge in [-0.2, -0.15) is 0 Å². The van der Waals surface area contributed by atoms with E-state index in [0.717, 1.165) is 5.39 Å². The van der Waals surface area contributed by atoms with Crippen LogP contribution < -0.4 is 5.32 Å². The number of benzene rings is 1. The number of rotatable bonds is 6. The van der Waals surface area contributed by atoms with Crippen molar-refractivity contribution in [2.45, 2.75) is 25.7 Å². The molecule has 0 saturated heterocycles. The van der Waals surface area contributed by atoms with Crippen LogP contribution in [0.15, 0.2) is 30.5 Å². The fourth-order valence-corrected chi connectivity index (χ4v) is 2.25. The van der Waals surface area contributed by atoms with Crippen molar-refractivity contribution >= 4 is 40.1 Å². The van der Waals surface area contributed by atoms with Crippen molar-refractivity contribution < 1.29 is 14.7 Å². The molecule has 0 spiro atoms. The van der Waals surface area contributed by atoms with Gasteiger partial charge in [-0.3, -0.25) is 14.6 Å². The van der Waals surface area contributed by atoms with Gasteiger partial charge in [0, 0.05) is 29.4 Å². The maximum Gasteiger partial charge on any atom is 0.303 e. The molecule has 0 aliphatic heterocycles. The highest BCUT2D eigenvalue weighted by atomic mass is 35.5. The second-order valence-electron chi connectivity index (χ2n) is 4.68. The van der Waals surface area contributed by atoms with Crippen LogP contribution in [0.1, 0.15) is 25.7 Å². The summed E-state index contributed by atoms with van der Waals surface area (Å²) < 4.78 is 0. The van der Waals surface area contributed by atoms with Crippen LogP contribution in [0.5, 0.6) is 0 Å². The van der Waals surface area contributed by atoms with Crippen molar-refractivity contribution in [3.63, 3.8) is 0 Å². The van der Waals surface area contributed by atoms with Crippen molar-refractivity contribution in [2.24, 2.45) is 0 Å². The van der Waals surface area contributed by atoms with Gasteiger partial charge in [0.25, 0.3) is 0 Å². The van der Waals surface area contributed by atoms with Crippen molar-refractivity contribution in [2.75, 3.05) is 5.32 Å². The summed E-state index contributed by atoms with van der Waals surface area (Å²) in [5.74, 6) is -1.02. The quantitative estimate of drug-likeness (QED) is 0.801. The monoisotopic (exact) mass is 306 g/mol. The van der Waals surface area contributed by atoms with Crippen LogP contribution in [0.4, 0.5) is 5.69 Å². The maximum atomic E-state index is 11.9. The Morgan fingerprint density at radius 3 is 2.76 bits per heavy atom. The molecule has 5 nitrogen and oxygen atoms in total. The summed E-state index contributed by atoms with van der Waals surface area (Å²) in [6.07, 6.45) is 3.02. The molecule has 1 heterocycles. The molecule has 2 rings (SSSR count). The lowest BCUT2D eigenvalue weighted by Crippen LogP contribution is -2.12. The van der Waals surface area contributed by atoms with Gasteiger partial charge >= 0.3 is 5.97 Å². The molecule has 0 aliphatic carbocycles. The molecule has 21 heavy (non-hydrogen) atoms. The number of anilines is 1. The van der Waals surface area contributed by atoms with E-state index < -0.39 is 5.97 Å². The van der Waals surface area contributed by atoms with Crippen molar-refractivity contribution in [3.05, 3.63) is 35.5 Å². The van der Waals surface area contributed by atoms with E-state index in [4.69, 9.17) is 16.7 Å². The fraction of sp³-hybridized carbons (Fsp3) is 0.267. The number of nitrogens with one attached hydrogen (secondary N) is 1. The Kier molecular flexibility index (Phi) is 5.11. The maximum absolute atomic E-state index is 11.9. The van der Waals surface area contributed by atoms with Crippen LogP contribution >= 0.6 is 11.6 Å². The van der Waals surface area contributed by atoms with E-state index in [0.29, 0.717) is 29.1 Å². The summed E-state index contributed by atoms with van der Waals surface area (Å²) in [7, 11) is 0. The second-order valence-corrected chi connectivity index (χ2v) is 5.11. The van der Waals surface area contributed by atoms with Crippen molar-refractivity contribution in [3.8, 4) is 0 Å². The first-order valence-electron chi connectivity index (χ1n) is 6.62. The first kappa shape index (κ1) is 15.3. The summed E-state index contributed by atoms with van der Waals surface area (Å²) >= 11 is 6.02. The van der Waals surface area contributed by atoms with Crippen LogP contribution in [-0.4, -0.2) is 22.0 Å². The smallest absolute Gasteiger partial charge is 0.303 e. The molecule has 1 amide bonds. The zero-order valence-electron chi connectivity index (χ0n) is 11.3. The Morgan fingerprint density at radius 2 is 2.00 bits per heavy atom. The van der Waals surface area contributed by atoms with Gasteiger partial charge in [0.1, 0.15) is 0 Å². The Balaban J connectivity index is 2.02. The molecule has 6 heteroatoms. The lowest BCUT2D eigenvalue weighted by Gasteiger charge is -2.08. The molecule has 0 bridgehead atoms. The Hall–Kier alpha value is -2.14. The largest absolute Gasteiger partial charge is 0.481 e. The number of hydrogen-bond donors (Lipinski definition) is 2. The van der Waals surface area contributed by atoms with Gasteiger partial charge in [-0.15, -0.1) is 0 Å². The molecule has 0 saturated carbocycles.